The lowest BCUT2D eigenvalue weighted by Crippen LogP contribution is -2.49. The van der Waals surface area contributed by atoms with Crippen LogP contribution in [0.2, 0.25) is 0 Å². The number of rotatable bonds is 7. The number of amides is 2. The van der Waals surface area contributed by atoms with E-state index in [1.165, 1.54) is 0 Å². The van der Waals surface area contributed by atoms with E-state index in [0.717, 1.165) is 12.1 Å². The Hall–Kier alpha value is -2.64. The van der Waals surface area contributed by atoms with Gasteiger partial charge >= 0.3 is 0 Å². The quantitative estimate of drug-likeness (QED) is 0.693. The summed E-state index contributed by atoms with van der Waals surface area (Å²) in [7, 11) is 0. The SMILES string of the molecule is C[C@H](N[C@H](C)[C@H](O)c1ccccc1)C(=O)NC(=O)Cc1cc(F)cc(F)c1. The molecule has 0 saturated carbocycles. The van der Waals surface area contributed by atoms with Crippen LogP contribution < -0.4 is 10.6 Å². The van der Waals surface area contributed by atoms with Crippen LogP contribution in [0.3, 0.4) is 0 Å². The van der Waals surface area contributed by atoms with Gasteiger partial charge in [0.05, 0.1) is 18.6 Å². The summed E-state index contributed by atoms with van der Waals surface area (Å²) in [6, 6.07) is 10.6. The average Bonchev–Trinajstić information content (AvgIpc) is 2.60. The fraction of sp³-hybridized carbons (Fsp3) is 0.300. The van der Waals surface area contributed by atoms with E-state index in [4.69, 9.17) is 0 Å². The second kappa shape index (κ2) is 9.34. The smallest absolute Gasteiger partial charge is 0.243 e. The zero-order valence-corrected chi connectivity index (χ0v) is 15.1. The lowest BCUT2D eigenvalue weighted by atomic mass is 10.0. The molecule has 3 N–H and O–H groups in total. The number of halogens is 2. The van der Waals surface area contributed by atoms with Crippen molar-refractivity contribution in [2.75, 3.05) is 0 Å². The molecule has 5 nitrogen and oxygen atoms in total. The van der Waals surface area contributed by atoms with Crippen molar-refractivity contribution in [1.82, 2.24) is 10.6 Å². The van der Waals surface area contributed by atoms with Crippen LogP contribution in [0.15, 0.2) is 48.5 Å². The van der Waals surface area contributed by atoms with Crippen LogP contribution in [0.1, 0.15) is 31.1 Å². The molecule has 0 spiro atoms. The molecule has 2 amide bonds. The topological polar surface area (TPSA) is 78.4 Å². The van der Waals surface area contributed by atoms with Crippen molar-refractivity contribution in [3.8, 4) is 0 Å². The Bertz CT molecular complexity index is 779. The van der Waals surface area contributed by atoms with Gasteiger partial charge in [0.15, 0.2) is 0 Å². The van der Waals surface area contributed by atoms with Gasteiger partial charge in [0, 0.05) is 12.1 Å². The number of carbonyl (C=O) groups is 2. The van der Waals surface area contributed by atoms with Gasteiger partial charge in [-0.15, -0.1) is 0 Å². The molecule has 0 heterocycles. The molecule has 3 atom stereocenters. The maximum Gasteiger partial charge on any atom is 0.243 e. The minimum Gasteiger partial charge on any atom is -0.387 e. The number of benzene rings is 2. The van der Waals surface area contributed by atoms with E-state index in [1.807, 2.05) is 6.07 Å². The molecule has 0 aliphatic heterocycles. The van der Waals surface area contributed by atoms with Crippen LogP contribution in [0, 0.1) is 11.6 Å². The summed E-state index contributed by atoms with van der Waals surface area (Å²) in [5, 5.41) is 15.4. The number of aliphatic hydroxyl groups is 1. The average molecular weight is 376 g/mol. The lowest BCUT2D eigenvalue weighted by molar-refractivity contribution is -0.131. The molecule has 2 aromatic rings. The first-order valence-corrected chi connectivity index (χ1v) is 8.54. The Morgan fingerprint density at radius 2 is 1.63 bits per heavy atom. The van der Waals surface area contributed by atoms with E-state index >= 15 is 0 Å². The number of hydrogen-bond donors (Lipinski definition) is 3. The fourth-order valence-corrected chi connectivity index (χ4v) is 2.69. The highest BCUT2D eigenvalue weighted by Gasteiger charge is 2.22. The van der Waals surface area contributed by atoms with E-state index in [-0.39, 0.29) is 12.0 Å². The van der Waals surface area contributed by atoms with Crippen LogP contribution in [0.4, 0.5) is 8.78 Å². The summed E-state index contributed by atoms with van der Waals surface area (Å²) in [5.74, 6) is -2.84. The third kappa shape index (κ3) is 6.23. The molecule has 2 aromatic carbocycles. The first kappa shape index (κ1) is 20.7. The van der Waals surface area contributed by atoms with Crippen molar-refractivity contribution in [3.63, 3.8) is 0 Å². The monoisotopic (exact) mass is 376 g/mol. The third-order valence-corrected chi connectivity index (χ3v) is 4.07. The summed E-state index contributed by atoms with van der Waals surface area (Å²) < 4.78 is 26.3. The van der Waals surface area contributed by atoms with E-state index in [2.05, 4.69) is 10.6 Å². The first-order valence-electron chi connectivity index (χ1n) is 8.54. The normalized spacial score (nSPS) is 14.3. The Balaban J connectivity index is 1.88. The van der Waals surface area contributed by atoms with Crippen molar-refractivity contribution in [2.45, 2.75) is 38.5 Å². The highest BCUT2D eigenvalue weighted by Crippen LogP contribution is 2.16. The van der Waals surface area contributed by atoms with Gasteiger partial charge in [-0.05, 0) is 37.1 Å². The van der Waals surface area contributed by atoms with Crippen LogP contribution in [0.5, 0.6) is 0 Å². The van der Waals surface area contributed by atoms with Gasteiger partial charge in [-0.25, -0.2) is 8.78 Å². The van der Waals surface area contributed by atoms with Crippen molar-refractivity contribution < 1.29 is 23.5 Å². The maximum absolute atomic E-state index is 13.2. The second-order valence-corrected chi connectivity index (χ2v) is 6.40. The lowest BCUT2D eigenvalue weighted by Gasteiger charge is -2.24. The Morgan fingerprint density at radius 3 is 2.22 bits per heavy atom. The molecule has 2 rings (SSSR count). The van der Waals surface area contributed by atoms with Gasteiger partial charge in [-0.3, -0.25) is 14.9 Å². The number of hydrogen-bond acceptors (Lipinski definition) is 4. The minimum absolute atomic E-state index is 0.131. The molecule has 0 bridgehead atoms. The molecule has 7 heteroatoms. The summed E-state index contributed by atoms with van der Waals surface area (Å²) in [6.45, 7) is 3.28. The van der Waals surface area contributed by atoms with Gasteiger partial charge < -0.3 is 10.4 Å². The summed E-state index contributed by atoms with van der Waals surface area (Å²) in [5.41, 5.74) is 0.834. The fourth-order valence-electron chi connectivity index (χ4n) is 2.69. The second-order valence-electron chi connectivity index (χ2n) is 6.40. The zero-order chi connectivity index (χ0) is 20.0. The predicted molar refractivity (Wildman–Crippen MR) is 96.7 cm³/mol. The highest BCUT2D eigenvalue weighted by atomic mass is 19.1. The standard InChI is InChI=1S/C20H22F2N2O3/c1-12(19(26)15-6-4-3-5-7-15)23-13(2)20(27)24-18(25)10-14-8-16(21)11-17(22)9-14/h3-9,11-13,19,23,26H,10H2,1-2H3,(H,24,25,27)/t12-,13+,19+/m1/s1. The van der Waals surface area contributed by atoms with Crippen LogP contribution >= 0.6 is 0 Å². The Labute approximate surface area is 156 Å². The number of aliphatic hydroxyl groups excluding tert-OH is 1. The van der Waals surface area contributed by atoms with E-state index in [9.17, 15) is 23.5 Å². The molecule has 27 heavy (non-hydrogen) atoms. The molecular weight excluding hydrogens is 354 g/mol. The molecule has 0 aliphatic carbocycles. The van der Waals surface area contributed by atoms with Crippen molar-refractivity contribution in [3.05, 3.63) is 71.3 Å². The molecule has 144 valence electrons. The molecule has 0 radical (unpaired) electrons. The molecule has 0 saturated heterocycles. The van der Waals surface area contributed by atoms with Crippen molar-refractivity contribution >= 4 is 11.8 Å². The summed E-state index contributed by atoms with van der Waals surface area (Å²) in [6.07, 6.45) is -1.15. The molecule has 0 aliphatic rings. The van der Waals surface area contributed by atoms with Crippen molar-refractivity contribution in [2.24, 2.45) is 0 Å². The van der Waals surface area contributed by atoms with Crippen molar-refractivity contribution in [1.29, 1.82) is 0 Å². The summed E-state index contributed by atoms with van der Waals surface area (Å²) >= 11 is 0. The van der Waals surface area contributed by atoms with Gasteiger partial charge in [-0.1, -0.05) is 30.3 Å². The highest BCUT2D eigenvalue weighted by molar-refractivity contribution is 5.98. The number of nitrogens with one attached hydrogen (secondary N) is 2. The Morgan fingerprint density at radius 1 is 1.04 bits per heavy atom. The Kier molecular flexibility index (Phi) is 7.15. The van der Waals surface area contributed by atoms with Crippen LogP contribution in [0.25, 0.3) is 0 Å². The van der Waals surface area contributed by atoms with E-state index < -0.39 is 41.6 Å². The number of imide groups is 1. The predicted octanol–water partition coefficient (Wildman–Crippen LogP) is 2.25. The van der Waals surface area contributed by atoms with Crippen LogP contribution in [-0.2, 0) is 16.0 Å². The zero-order valence-electron chi connectivity index (χ0n) is 15.1. The van der Waals surface area contributed by atoms with Gasteiger partial charge in [0.2, 0.25) is 11.8 Å². The number of carbonyl (C=O) groups excluding carboxylic acids is 2. The van der Waals surface area contributed by atoms with Gasteiger partial charge in [0.1, 0.15) is 11.6 Å². The molecule has 0 unspecified atom stereocenters. The minimum atomic E-state index is -0.826. The maximum atomic E-state index is 13.2. The van der Waals surface area contributed by atoms with Gasteiger partial charge in [-0.2, -0.15) is 0 Å². The molecule has 0 fully saturated rings. The van der Waals surface area contributed by atoms with Gasteiger partial charge in [0.25, 0.3) is 0 Å². The first-order chi connectivity index (χ1) is 12.8. The van der Waals surface area contributed by atoms with Crippen LogP contribution in [-0.4, -0.2) is 29.0 Å². The molecular formula is C20H22F2N2O3. The van der Waals surface area contributed by atoms with E-state index in [0.29, 0.717) is 11.6 Å². The third-order valence-electron chi connectivity index (χ3n) is 4.07. The van der Waals surface area contributed by atoms with E-state index in [1.54, 1.807) is 38.1 Å². The summed E-state index contributed by atoms with van der Waals surface area (Å²) in [4.78, 5) is 24.1. The molecule has 0 aromatic heterocycles. The largest absolute Gasteiger partial charge is 0.387 e.